The number of benzene rings is 3. The Labute approximate surface area is 214 Å². The molecule has 1 amide bonds. The van der Waals surface area contributed by atoms with E-state index < -0.39 is 0 Å². The Morgan fingerprint density at radius 2 is 1.69 bits per heavy atom. The zero-order valence-electron chi connectivity index (χ0n) is 21.7. The highest BCUT2D eigenvalue weighted by atomic mass is 16.5. The van der Waals surface area contributed by atoms with Crippen molar-refractivity contribution >= 4 is 16.9 Å². The number of carbonyl (C=O) groups excluding carboxylic acids is 1. The lowest BCUT2D eigenvalue weighted by Crippen LogP contribution is -2.26. The summed E-state index contributed by atoms with van der Waals surface area (Å²) < 4.78 is 8.35. The molecular formula is C31H37N3O2. The third-order valence-electron chi connectivity index (χ3n) is 6.81. The first kappa shape index (κ1) is 25.5. The van der Waals surface area contributed by atoms with Gasteiger partial charge in [0, 0.05) is 13.0 Å². The van der Waals surface area contributed by atoms with Crippen LogP contribution in [0.3, 0.4) is 0 Å². The van der Waals surface area contributed by atoms with E-state index in [0.29, 0.717) is 19.6 Å². The van der Waals surface area contributed by atoms with Gasteiger partial charge in [-0.2, -0.15) is 0 Å². The van der Waals surface area contributed by atoms with Crippen LogP contribution in [0.4, 0.5) is 0 Å². The monoisotopic (exact) mass is 483 g/mol. The lowest BCUT2D eigenvalue weighted by Gasteiger charge is -2.12. The van der Waals surface area contributed by atoms with Crippen LogP contribution in [0, 0.1) is 20.8 Å². The van der Waals surface area contributed by atoms with E-state index in [9.17, 15) is 4.79 Å². The van der Waals surface area contributed by atoms with Gasteiger partial charge < -0.3 is 14.6 Å². The molecule has 0 spiro atoms. The number of hydrogen-bond donors (Lipinski definition) is 1. The molecule has 36 heavy (non-hydrogen) atoms. The van der Waals surface area contributed by atoms with Crippen molar-refractivity contribution < 1.29 is 9.53 Å². The molecule has 0 saturated heterocycles. The summed E-state index contributed by atoms with van der Waals surface area (Å²) in [6.07, 6.45) is 4.41. The van der Waals surface area contributed by atoms with E-state index in [1.54, 1.807) is 0 Å². The van der Waals surface area contributed by atoms with E-state index in [1.165, 1.54) is 11.1 Å². The van der Waals surface area contributed by atoms with Crippen LogP contribution in [0.5, 0.6) is 5.75 Å². The van der Waals surface area contributed by atoms with E-state index in [0.717, 1.165) is 66.0 Å². The fourth-order valence-corrected chi connectivity index (χ4v) is 4.48. The van der Waals surface area contributed by atoms with Crippen molar-refractivity contribution in [3.05, 3.63) is 94.8 Å². The maximum atomic E-state index is 12.3. The van der Waals surface area contributed by atoms with Crippen LogP contribution in [0.25, 0.3) is 11.0 Å². The van der Waals surface area contributed by atoms with Crippen molar-refractivity contribution in [2.24, 2.45) is 0 Å². The molecule has 0 aliphatic heterocycles. The molecule has 3 aromatic carbocycles. The van der Waals surface area contributed by atoms with E-state index in [2.05, 4.69) is 54.1 Å². The summed E-state index contributed by atoms with van der Waals surface area (Å²) in [6, 6.07) is 22.6. The molecule has 1 heterocycles. The second kappa shape index (κ2) is 12.4. The fraction of sp³-hybridized carbons (Fsp3) is 0.355. The topological polar surface area (TPSA) is 56.1 Å². The maximum absolute atomic E-state index is 12.3. The van der Waals surface area contributed by atoms with Crippen molar-refractivity contribution in [3.63, 3.8) is 0 Å². The van der Waals surface area contributed by atoms with Gasteiger partial charge in [-0.15, -0.1) is 0 Å². The predicted molar refractivity (Wildman–Crippen MR) is 147 cm³/mol. The molecule has 5 nitrogen and oxygen atoms in total. The van der Waals surface area contributed by atoms with Crippen LogP contribution in [0.15, 0.2) is 66.7 Å². The summed E-state index contributed by atoms with van der Waals surface area (Å²) in [7, 11) is 0. The molecule has 1 N–H and O–H groups in total. The number of aromatic nitrogens is 2. The Morgan fingerprint density at radius 1 is 0.889 bits per heavy atom. The van der Waals surface area contributed by atoms with E-state index in [4.69, 9.17) is 9.72 Å². The number of hydrogen-bond acceptors (Lipinski definition) is 3. The van der Waals surface area contributed by atoms with E-state index in [-0.39, 0.29) is 5.91 Å². The molecule has 1 aromatic heterocycles. The second-order valence-corrected chi connectivity index (χ2v) is 9.53. The van der Waals surface area contributed by atoms with Crippen LogP contribution < -0.4 is 10.1 Å². The number of rotatable bonds is 12. The Kier molecular flexibility index (Phi) is 8.77. The van der Waals surface area contributed by atoms with E-state index in [1.807, 2.05) is 43.3 Å². The number of carbonyl (C=O) groups is 1. The molecular weight excluding hydrogens is 446 g/mol. The molecule has 0 radical (unpaired) electrons. The Bertz CT molecular complexity index is 1310. The van der Waals surface area contributed by atoms with Crippen LogP contribution in [-0.4, -0.2) is 28.6 Å². The van der Waals surface area contributed by atoms with Crippen molar-refractivity contribution in [2.75, 3.05) is 13.2 Å². The quantitative estimate of drug-likeness (QED) is 0.247. The van der Waals surface area contributed by atoms with Crippen LogP contribution in [0.1, 0.15) is 47.3 Å². The number of nitrogens with one attached hydrogen (secondary N) is 1. The molecule has 4 aromatic rings. The highest BCUT2D eigenvalue weighted by Gasteiger charge is 2.11. The number of para-hydroxylation sites is 2. The van der Waals surface area contributed by atoms with Gasteiger partial charge in [0.1, 0.15) is 18.2 Å². The Balaban J connectivity index is 1.25. The maximum Gasteiger partial charge on any atom is 0.224 e. The summed E-state index contributed by atoms with van der Waals surface area (Å²) in [5.74, 6) is 2.10. The van der Waals surface area contributed by atoms with Crippen molar-refractivity contribution in [3.8, 4) is 5.75 Å². The van der Waals surface area contributed by atoms with Crippen molar-refractivity contribution in [1.82, 2.24) is 14.9 Å². The lowest BCUT2D eigenvalue weighted by molar-refractivity contribution is -0.120. The van der Waals surface area contributed by atoms with Gasteiger partial charge in [-0.1, -0.05) is 48.9 Å². The summed E-state index contributed by atoms with van der Waals surface area (Å²) in [4.78, 5) is 17.2. The first-order valence-corrected chi connectivity index (χ1v) is 13.0. The first-order chi connectivity index (χ1) is 17.5. The first-order valence-electron chi connectivity index (χ1n) is 13.0. The molecule has 5 heteroatoms. The highest BCUT2D eigenvalue weighted by Crippen LogP contribution is 2.20. The average molecular weight is 484 g/mol. The van der Waals surface area contributed by atoms with Gasteiger partial charge in [-0.05, 0) is 80.1 Å². The zero-order valence-corrected chi connectivity index (χ0v) is 21.7. The molecule has 188 valence electrons. The summed E-state index contributed by atoms with van der Waals surface area (Å²) in [6.45, 7) is 8.35. The minimum absolute atomic E-state index is 0.0925. The number of unbranched alkanes of at least 4 members (excludes halogenated alkanes) is 2. The van der Waals surface area contributed by atoms with Gasteiger partial charge in [0.25, 0.3) is 0 Å². The van der Waals surface area contributed by atoms with Crippen molar-refractivity contribution in [1.29, 1.82) is 0 Å². The number of ether oxygens (including phenoxy) is 1. The number of aryl methyl sites for hydroxylation is 4. The number of fused-ring (bicyclic) bond motifs is 1. The van der Waals surface area contributed by atoms with Gasteiger partial charge in [-0.3, -0.25) is 4.79 Å². The van der Waals surface area contributed by atoms with E-state index >= 15 is 0 Å². The molecule has 0 aliphatic rings. The molecule has 0 unspecified atom stereocenters. The predicted octanol–water partition coefficient (Wildman–Crippen LogP) is 6.11. The van der Waals surface area contributed by atoms with Gasteiger partial charge in [-0.25, -0.2) is 4.98 Å². The normalized spacial score (nSPS) is 11.1. The number of amides is 1. The van der Waals surface area contributed by atoms with Crippen molar-refractivity contribution in [2.45, 2.75) is 59.4 Å². The lowest BCUT2D eigenvalue weighted by atomic mass is 10.1. The minimum Gasteiger partial charge on any atom is -0.492 e. The third-order valence-corrected chi connectivity index (χ3v) is 6.81. The molecule has 0 bridgehead atoms. The zero-order chi connectivity index (χ0) is 25.3. The summed E-state index contributed by atoms with van der Waals surface area (Å²) in [5, 5.41) is 3.06. The third kappa shape index (κ3) is 6.75. The molecule has 0 aliphatic carbocycles. The van der Waals surface area contributed by atoms with Crippen LogP contribution in [0.2, 0.25) is 0 Å². The largest absolute Gasteiger partial charge is 0.492 e. The number of nitrogens with zero attached hydrogens (tertiary/aromatic N) is 2. The molecule has 0 saturated carbocycles. The molecule has 0 fully saturated rings. The average Bonchev–Trinajstić information content (AvgIpc) is 3.22. The highest BCUT2D eigenvalue weighted by molar-refractivity contribution is 5.78. The van der Waals surface area contributed by atoms with Gasteiger partial charge >= 0.3 is 0 Å². The standard InChI is InChI=1S/C31H37N3O2/c1-23-16-17-27(21-25(23)3)36-20-19-34-29-14-9-8-13-28(29)33-30(34)15-5-4-10-18-32-31(35)22-26-12-7-6-11-24(26)2/h6-9,11-14,16-17,21H,4-5,10,15,18-20,22H2,1-3H3,(H,32,35). The Hall–Kier alpha value is -3.60. The summed E-state index contributed by atoms with van der Waals surface area (Å²) >= 11 is 0. The molecule has 4 rings (SSSR count). The summed E-state index contributed by atoms with van der Waals surface area (Å²) in [5.41, 5.74) is 6.95. The van der Waals surface area contributed by atoms with Gasteiger partial charge in [0.15, 0.2) is 0 Å². The fourth-order valence-electron chi connectivity index (χ4n) is 4.48. The van der Waals surface area contributed by atoms with Gasteiger partial charge in [0.2, 0.25) is 5.91 Å². The molecule has 0 atom stereocenters. The Morgan fingerprint density at radius 3 is 2.53 bits per heavy atom. The second-order valence-electron chi connectivity index (χ2n) is 9.53. The SMILES string of the molecule is Cc1ccc(OCCn2c(CCCCCNC(=O)Cc3ccccc3C)nc3ccccc32)cc1C. The van der Waals surface area contributed by atoms with Crippen LogP contribution >= 0.6 is 0 Å². The van der Waals surface area contributed by atoms with Gasteiger partial charge in [0.05, 0.1) is 24.0 Å². The smallest absolute Gasteiger partial charge is 0.224 e. The number of imidazole rings is 1. The minimum atomic E-state index is 0.0925. The van der Waals surface area contributed by atoms with Crippen LogP contribution in [-0.2, 0) is 24.2 Å².